The molecular formula is C66H75BN2. The van der Waals surface area contributed by atoms with Crippen molar-refractivity contribution in [3.8, 4) is 22.3 Å². The first-order chi connectivity index (χ1) is 32.2. The highest BCUT2D eigenvalue weighted by Gasteiger charge is 2.48. The molecule has 0 spiro atoms. The molecule has 2 heterocycles. The van der Waals surface area contributed by atoms with Crippen molar-refractivity contribution in [2.75, 3.05) is 9.80 Å². The van der Waals surface area contributed by atoms with E-state index < -0.39 is 0 Å². The number of rotatable bonds is 4. The molecule has 0 amide bonds. The summed E-state index contributed by atoms with van der Waals surface area (Å²) in [7, 11) is 0. The molecule has 0 fully saturated rings. The Morgan fingerprint density at radius 2 is 0.899 bits per heavy atom. The van der Waals surface area contributed by atoms with Crippen molar-refractivity contribution in [3.63, 3.8) is 0 Å². The van der Waals surface area contributed by atoms with E-state index in [1.807, 2.05) is 0 Å². The first-order valence-corrected chi connectivity index (χ1v) is 25.8. The Hall–Kier alpha value is -5.80. The van der Waals surface area contributed by atoms with Crippen LogP contribution in [0.1, 0.15) is 157 Å². The van der Waals surface area contributed by atoms with E-state index in [2.05, 4.69) is 260 Å². The second-order valence-corrected chi connectivity index (χ2v) is 26.2. The third-order valence-corrected chi connectivity index (χ3v) is 16.1. The summed E-state index contributed by atoms with van der Waals surface area (Å²) in [4.78, 5) is 5.38. The van der Waals surface area contributed by atoms with E-state index in [9.17, 15) is 0 Å². The second-order valence-electron chi connectivity index (χ2n) is 26.2. The fraction of sp³-hybridized carbons (Fsp3) is 0.364. The Morgan fingerprint density at radius 1 is 0.391 bits per heavy atom. The molecule has 69 heavy (non-hydrogen) atoms. The van der Waals surface area contributed by atoms with Crippen LogP contribution in [0.4, 0.5) is 34.1 Å². The van der Waals surface area contributed by atoms with Crippen molar-refractivity contribution in [3.05, 3.63) is 173 Å². The molecule has 7 aromatic rings. The maximum atomic E-state index is 2.73. The first kappa shape index (κ1) is 46.9. The highest BCUT2D eigenvalue weighted by Crippen LogP contribution is 2.54. The molecule has 0 saturated carbocycles. The zero-order valence-corrected chi connectivity index (χ0v) is 44.7. The highest BCUT2D eigenvalue weighted by molar-refractivity contribution is 7.00. The molecule has 0 bridgehead atoms. The van der Waals surface area contributed by atoms with Crippen molar-refractivity contribution in [2.45, 2.75) is 156 Å². The smallest absolute Gasteiger partial charge is 0.252 e. The number of hydrogen-bond donors (Lipinski definition) is 0. The second kappa shape index (κ2) is 15.9. The highest BCUT2D eigenvalue weighted by atomic mass is 15.2. The molecular weight excluding hydrogens is 832 g/mol. The third kappa shape index (κ3) is 7.97. The standard InChI is InChI=1S/C66H75BN2/c1-61(2,3)44-28-23-29-47(34-44)68-56-35-45(62(4,5)6)30-31-53(56)67-54-40-51-52(66(15,16)33-32-65(51,13)14)41-57(54)69(59-37-46(63(7,8)9)36-58(68)60(59)67)55-39-48(42-24-19-17-20-25-42)50(64(10,11)12)38-49(55)43-26-21-18-22-27-43/h17-31,34-41H,32-33H2,1-16H3. The summed E-state index contributed by atoms with van der Waals surface area (Å²) in [5, 5.41) is 0. The molecule has 0 N–H and O–H groups in total. The monoisotopic (exact) mass is 907 g/mol. The summed E-state index contributed by atoms with van der Waals surface area (Å²) < 4.78 is 0. The molecule has 1 aliphatic carbocycles. The van der Waals surface area contributed by atoms with Gasteiger partial charge in [-0.3, -0.25) is 0 Å². The molecule has 3 aliphatic rings. The number of nitrogens with zero attached hydrogens (tertiary/aromatic N) is 2. The van der Waals surface area contributed by atoms with Gasteiger partial charge in [0.25, 0.3) is 6.71 Å². The van der Waals surface area contributed by atoms with Crippen LogP contribution in [-0.2, 0) is 32.5 Å². The minimum Gasteiger partial charge on any atom is -0.311 e. The fourth-order valence-corrected chi connectivity index (χ4v) is 11.7. The predicted octanol–water partition coefficient (Wildman–Crippen LogP) is 16.6. The Kier molecular flexibility index (Phi) is 10.8. The largest absolute Gasteiger partial charge is 0.311 e. The average Bonchev–Trinajstić information content (AvgIpc) is 3.29. The topological polar surface area (TPSA) is 6.48 Å². The number of fused-ring (bicyclic) bond motifs is 5. The summed E-state index contributed by atoms with van der Waals surface area (Å²) in [6.45, 7) is 38.3. The van der Waals surface area contributed by atoms with Gasteiger partial charge in [-0.1, -0.05) is 202 Å². The van der Waals surface area contributed by atoms with E-state index >= 15 is 0 Å². The Labute approximate surface area is 416 Å². The quantitative estimate of drug-likeness (QED) is 0.162. The molecule has 0 saturated heterocycles. The van der Waals surface area contributed by atoms with E-state index in [-0.39, 0.29) is 39.2 Å². The molecule has 0 aromatic heterocycles. The van der Waals surface area contributed by atoms with Gasteiger partial charge in [-0.2, -0.15) is 0 Å². The minimum absolute atomic E-state index is 0.00934. The lowest BCUT2D eigenvalue weighted by Crippen LogP contribution is -2.62. The lowest BCUT2D eigenvalue weighted by atomic mass is 9.33. The first-order valence-electron chi connectivity index (χ1n) is 25.8. The Bertz CT molecular complexity index is 3140. The summed E-state index contributed by atoms with van der Waals surface area (Å²) in [6.07, 6.45) is 2.31. The molecule has 2 aliphatic heterocycles. The molecule has 2 nitrogen and oxygen atoms in total. The van der Waals surface area contributed by atoms with E-state index in [1.165, 1.54) is 106 Å². The van der Waals surface area contributed by atoms with Crippen LogP contribution in [0.25, 0.3) is 22.3 Å². The number of benzene rings is 7. The Morgan fingerprint density at radius 3 is 1.46 bits per heavy atom. The van der Waals surface area contributed by atoms with E-state index in [0.717, 1.165) is 12.8 Å². The summed E-state index contributed by atoms with van der Waals surface area (Å²) >= 11 is 0. The number of anilines is 6. The van der Waals surface area contributed by atoms with Crippen molar-refractivity contribution in [1.82, 2.24) is 0 Å². The van der Waals surface area contributed by atoms with Gasteiger partial charge in [0.1, 0.15) is 0 Å². The van der Waals surface area contributed by atoms with Gasteiger partial charge in [0.05, 0.1) is 5.69 Å². The van der Waals surface area contributed by atoms with Crippen LogP contribution in [0.3, 0.4) is 0 Å². The predicted molar refractivity (Wildman–Crippen MR) is 301 cm³/mol. The molecule has 0 atom stereocenters. The van der Waals surface area contributed by atoms with Gasteiger partial charge >= 0.3 is 0 Å². The molecule has 352 valence electrons. The van der Waals surface area contributed by atoms with Crippen LogP contribution in [0.5, 0.6) is 0 Å². The lowest BCUT2D eigenvalue weighted by Gasteiger charge is -2.48. The fourth-order valence-electron chi connectivity index (χ4n) is 11.7. The maximum Gasteiger partial charge on any atom is 0.252 e. The van der Waals surface area contributed by atoms with Gasteiger partial charge in [0.2, 0.25) is 0 Å². The summed E-state index contributed by atoms with van der Waals surface area (Å²) in [6, 6.07) is 54.8. The van der Waals surface area contributed by atoms with Crippen LogP contribution in [0.2, 0.25) is 0 Å². The van der Waals surface area contributed by atoms with E-state index in [0.29, 0.717) is 0 Å². The van der Waals surface area contributed by atoms with Crippen LogP contribution in [0, 0.1) is 0 Å². The van der Waals surface area contributed by atoms with Crippen LogP contribution >= 0.6 is 0 Å². The van der Waals surface area contributed by atoms with E-state index in [4.69, 9.17) is 0 Å². The molecule has 3 heteroatoms. The normalized spacial score (nSPS) is 16.1. The van der Waals surface area contributed by atoms with Gasteiger partial charge in [-0.15, -0.1) is 0 Å². The van der Waals surface area contributed by atoms with Gasteiger partial charge in [-0.05, 0) is 160 Å². The van der Waals surface area contributed by atoms with Crippen LogP contribution < -0.4 is 26.2 Å². The number of hydrogen-bond acceptors (Lipinski definition) is 2. The van der Waals surface area contributed by atoms with Gasteiger partial charge in [0.15, 0.2) is 0 Å². The average molecular weight is 907 g/mol. The lowest BCUT2D eigenvalue weighted by molar-refractivity contribution is 0.332. The van der Waals surface area contributed by atoms with Crippen molar-refractivity contribution in [2.24, 2.45) is 0 Å². The molecule has 0 unspecified atom stereocenters. The van der Waals surface area contributed by atoms with Gasteiger partial charge in [-0.25, -0.2) is 0 Å². The summed E-state index contributed by atoms with van der Waals surface area (Å²) in [5.41, 5.74) is 24.7. The summed E-state index contributed by atoms with van der Waals surface area (Å²) in [5.74, 6) is 0. The van der Waals surface area contributed by atoms with Gasteiger partial charge in [0, 0.05) is 34.0 Å². The Balaban J connectivity index is 1.41. The third-order valence-electron chi connectivity index (χ3n) is 16.1. The molecule has 10 rings (SSSR count). The molecule has 0 radical (unpaired) electrons. The van der Waals surface area contributed by atoms with Gasteiger partial charge < -0.3 is 9.80 Å². The van der Waals surface area contributed by atoms with E-state index in [1.54, 1.807) is 0 Å². The minimum atomic E-state index is -0.144. The SMILES string of the molecule is CC(C)(C)c1cccc(N2c3cc(C(C)(C)C)ccc3B3c4cc5c(cc4N(c4cc(-c6ccccc6)c(C(C)(C)C)cc4-c4ccccc4)c4cc(C(C)(C)C)cc2c43)C(C)(C)CCC5(C)C)c1. The van der Waals surface area contributed by atoms with Crippen molar-refractivity contribution < 1.29 is 0 Å². The van der Waals surface area contributed by atoms with Crippen LogP contribution in [0.15, 0.2) is 140 Å². The van der Waals surface area contributed by atoms with Crippen molar-refractivity contribution >= 4 is 57.2 Å². The van der Waals surface area contributed by atoms with Crippen LogP contribution in [-0.4, -0.2) is 6.71 Å². The molecule has 7 aromatic carbocycles. The van der Waals surface area contributed by atoms with Crippen molar-refractivity contribution in [1.29, 1.82) is 0 Å². The zero-order valence-electron chi connectivity index (χ0n) is 44.7. The zero-order chi connectivity index (χ0) is 49.4. The maximum absolute atomic E-state index is 2.73.